The fourth-order valence-electron chi connectivity index (χ4n) is 3.83. The van der Waals surface area contributed by atoms with Crippen LogP contribution >= 0.6 is 11.8 Å². The van der Waals surface area contributed by atoms with E-state index in [4.69, 9.17) is 4.98 Å². The average molecular weight is 511 g/mol. The van der Waals surface area contributed by atoms with Gasteiger partial charge in [0.15, 0.2) is 5.16 Å². The van der Waals surface area contributed by atoms with Crippen LogP contribution in [0.25, 0.3) is 22.5 Å². The number of nitrogens with zero attached hydrogens (tertiary/aromatic N) is 2. The van der Waals surface area contributed by atoms with Crippen molar-refractivity contribution in [3.05, 3.63) is 90.5 Å². The number of nitrogens with one attached hydrogen (secondary N) is 2. The molecule has 3 aromatic carbocycles. The summed E-state index contributed by atoms with van der Waals surface area (Å²) in [6.45, 7) is 3.01. The molecule has 1 heterocycles. The summed E-state index contributed by atoms with van der Waals surface area (Å²) < 4.78 is 41.6. The number of hydrogen-bond acceptors (Lipinski definition) is 3. The average Bonchev–Trinajstić information content (AvgIpc) is 3.26. The van der Waals surface area contributed by atoms with Crippen molar-refractivity contribution in [3.63, 3.8) is 0 Å². The van der Waals surface area contributed by atoms with E-state index in [0.717, 1.165) is 33.7 Å². The van der Waals surface area contributed by atoms with Crippen molar-refractivity contribution in [2.24, 2.45) is 0 Å². The molecule has 2 N–H and O–H groups in total. The van der Waals surface area contributed by atoms with Gasteiger partial charge in [-0.2, -0.15) is 13.2 Å². The van der Waals surface area contributed by atoms with Crippen LogP contribution in [-0.4, -0.2) is 27.9 Å². The number of aromatic nitrogens is 2. The summed E-state index contributed by atoms with van der Waals surface area (Å²) in [5, 5.41) is 5.73. The van der Waals surface area contributed by atoms with Crippen LogP contribution in [-0.2, 0) is 12.7 Å². The first kappa shape index (κ1) is 25.4. The molecule has 36 heavy (non-hydrogen) atoms. The third kappa shape index (κ3) is 5.91. The number of benzene rings is 3. The number of para-hydroxylation sites is 1. The lowest BCUT2D eigenvalue weighted by Crippen LogP contribution is -2.31. The molecule has 0 unspecified atom stereocenters. The number of alkyl halides is 3. The van der Waals surface area contributed by atoms with Gasteiger partial charge >= 0.3 is 12.2 Å². The Labute approximate surface area is 211 Å². The number of urea groups is 1. The zero-order chi connectivity index (χ0) is 25.5. The van der Waals surface area contributed by atoms with Crippen LogP contribution in [0.1, 0.15) is 12.5 Å². The lowest BCUT2D eigenvalue weighted by atomic mass is 10.0. The Morgan fingerprint density at radius 3 is 2.17 bits per heavy atom. The van der Waals surface area contributed by atoms with Crippen molar-refractivity contribution in [1.29, 1.82) is 0 Å². The summed E-state index contributed by atoms with van der Waals surface area (Å²) in [5.41, 5.74) is 2.78. The minimum absolute atomic E-state index is 0.253. The molecule has 0 saturated heterocycles. The van der Waals surface area contributed by atoms with Crippen LogP contribution < -0.4 is 10.6 Å². The molecule has 0 saturated carbocycles. The molecule has 1 aromatic heterocycles. The lowest BCUT2D eigenvalue weighted by Gasteiger charge is -2.14. The number of anilines is 1. The maximum Gasteiger partial charge on any atom is 0.418 e. The number of carbonyl (C=O) groups is 1. The van der Waals surface area contributed by atoms with E-state index in [1.54, 1.807) is 0 Å². The molecule has 0 fully saturated rings. The minimum atomic E-state index is -4.55. The topological polar surface area (TPSA) is 59.0 Å². The molecular formula is C27H25F3N4OS. The van der Waals surface area contributed by atoms with Crippen molar-refractivity contribution in [1.82, 2.24) is 14.9 Å². The van der Waals surface area contributed by atoms with E-state index in [1.165, 1.54) is 30.0 Å². The van der Waals surface area contributed by atoms with Crippen molar-refractivity contribution in [2.75, 3.05) is 17.6 Å². The summed E-state index contributed by atoms with van der Waals surface area (Å²) >= 11 is 1.48. The van der Waals surface area contributed by atoms with E-state index in [0.29, 0.717) is 12.3 Å². The summed E-state index contributed by atoms with van der Waals surface area (Å²) in [4.78, 5) is 17.2. The van der Waals surface area contributed by atoms with Gasteiger partial charge in [0.2, 0.25) is 0 Å². The summed E-state index contributed by atoms with van der Waals surface area (Å²) in [6, 6.07) is 24.2. The van der Waals surface area contributed by atoms with Gasteiger partial charge in [-0.05, 0) is 19.1 Å². The lowest BCUT2D eigenvalue weighted by molar-refractivity contribution is -0.136. The molecule has 0 aliphatic heterocycles. The number of thioether (sulfide) groups is 1. The highest BCUT2D eigenvalue weighted by Crippen LogP contribution is 2.36. The Morgan fingerprint density at radius 1 is 0.917 bits per heavy atom. The highest BCUT2D eigenvalue weighted by Gasteiger charge is 2.33. The highest BCUT2D eigenvalue weighted by atomic mass is 32.2. The first-order valence-corrected chi connectivity index (χ1v) is 12.4. The van der Waals surface area contributed by atoms with Gasteiger partial charge in [0.05, 0.1) is 22.6 Å². The van der Waals surface area contributed by atoms with Crippen LogP contribution in [0.5, 0.6) is 0 Å². The fourth-order valence-corrected chi connectivity index (χ4v) is 4.75. The van der Waals surface area contributed by atoms with Crippen LogP contribution in [0.2, 0.25) is 0 Å². The number of hydrogen-bond donors (Lipinski definition) is 2. The van der Waals surface area contributed by atoms with E-state index < -0.39 is 17.8 Å². The Morgan fingerprint density at radius 2 is 1.53 bits per heavy atom. The van der Waals surface area contributed by atoms with E-state index in [-0.39, 0.29) is 12.2 Å². The minimum Gasteiger partial charge on any atom is -0.337 e. The predicted molar refractivity (Wildman–Crippen MR) is 138 cm³/mol. The van der Waals surface area contributed by atoms with E-state index in [1.807, 2.05) is 48.5 Å². The Bertz CT molecular complexity index is 1310. The normalized spacial score (nSPS) is 11.3. The predicted octanol–water partition coefficient (Wildman–Crippen LogP) is 7.17. The van der Waals surface area contributed by atoms with E-state index in [2.05, 4.69) is 34.3 Å². The molecule has 186 valence electrons. The number of imidazole rings is 1. The second-order valence-corrected chi connectivity index (χ2v) is 8.90. The van der Waals surface area contributed by atoms with Gasteiger partial charge in [0, 0.05) is 30.0 Å². The Balaban J connectivity index is 1.46. The second-order valence-electron chi connectivity index (χ2n) is 7.84. The standard InChI is InChI=1S/C27H25F3N4OS/c1-2-34-24(20-13-7-4-8-14-20)23(19-11-5-3-6-12-19)33-26(34)36-18-17-31-25(35)32-22-16-10-9-15-21(22)27(28,29)30/h3-16H,2,17-18H2,1H3,(H2,31,32,35). The van der Waals surface area contributed by atoms with Crippen LogP contribution in [0, 0.1) is 0 Å². The Hall–Kier alpha value is -3.72. The van der Waals surface area contributed by atoms with Crippen molar-refractivity contribution in [2.45, 2.75) is 24.8 Å². The van der Waals surface area contributed by atoms with Gasteiger partial charge in [0.25, 0.3) is 0 Å². The molecule has 4 rings (SSSR count). The number of carbonyl (C=O) groups excluding carboxylic acids is 1. The first-order chi connectivity index (χ1) is 17.4. The number of amides is 2. The fraction of sp³-hybridized carbons (Fsp3) is 0.185. The quantitative estimate of drug-likeness (QED) is 0.195. The summed E-state index contributed by atoms with van der Waals surface area (Å²) in [6.07, 6.45) is -4.55. The van der Waals surface area contributed by atoms with Gasteiger partial charge in [0.1, 0.15) is 0 Å². The van der Waals surface area contributed by atoms with Gasteiger partial charge in [-0.15, -0.1) is 0 Å². The third-order valence-corrected chi connectivity index (χ3v) is 6.42. The van der Waals surface area contributed by atoms with Crippen molar-refractivity contribution >= 4 is 23.5 Å². The molecule has 0 aliphatic carbocycles. The molecule has 5 nitrogen and oxygen atoms in total. The summed E-state index contributed by atoms with van der Waals surface area (Å²) in [7, 11) is 0. The molecular weight excluding hydrogens is 485 g/mol. The molecule has 0 spiro atoms. The molecule has 9 heteroatoms. The van der Waals surface area contributed by atoms with Crippen molar-refractivity contribution < 1.29 is 18.0 Å². The van der Waals surface area contributed by atoms with Gasteiger partial charge < -0.3 is 15.2 Å². The van der Waals surface area contributed by atoms with Crippen LogP contribution in [0.15, 0.2) is 90.1 Å². The zero-order valence-electron chi connectivity index (χ0n) is 19.5. The maximum absolute atomic E-state index is 13.2. The highest BCUT2D eigenvalue weighted by molar-refractivity contribution is 7.99. The van der Waals surface area contributed by atoms with Crippen LogP contribution in [0.3, 0.4) is 0 Å². The molecule has 0 atom stereocenters. The SMILES string of the molecule is CCn1c(SCCNC(=O)Nc2ccccc2C(F)(F)F)nc(-c2ccccc2)c1-c1ccccc1. The van der Waals surface area contributed by atoms with Crippen molar-refractivity contribution in [3.8, 4) is 22.5 Å². The number of halogens is 3. The van der Waals surface area contributed by atoms with Gasteiger partial charge in [-0.25, -0.2) is 9.78 Å². The molecule has 0 radical (unpaired) electrons. The van der Waals surface area contributed by atoms with Gasteiger partial charge in [-0.3, -0.25) is 0 Å². The smallest absolute Gasteiger partial charge is 0.337 e. The molecule has 0 bridgehead atoms. The number of rotatable bonds is 8. The maximum atomic E-state index is 13.2. The Kier molecular flexibility index (Phi) is 8.00. The second kappa shape index (κ2) is 11.3. The van der Waals surface area contributed by atoms with E-state index >= 15 is 0 Å². The largest absolute Gasteiger partial charge is 0.418 e. The molecule has 4 aromatic rings. The van der Waals surface area contributed by atoms with Crippen LogP contribution in [0.4, 0.5) is 23.7 Å². The molecule has 2 amide bonds. The monoisotopic (exact) mass is 510 g/mol. The first-order valence-electron chi connectivity index (χ1n) is 11.4. The zero-order valence-corrected chi connectivity index (χ0v) is 20.4. The van der Waals surface area contributed by atoms with E-state index in [9.17, 15) is 18.0 Å². The van der Waals surface area contributed by atoms with Gasteiger partial charge in [-0.1, -0.05) is 84.6 Å². The summed E-state index contributed by atoms with van der Waals surface area (Å²) in [5.74, 6) is 0.494. The molecule has 0 aliphatic rings. The third-order valence-electron chi connectivity index (χ3n) is 5.44.